The molecule has 0 saturated heterocycles. The molecular formula is C20H16ClN3. The molecule has 4 rings (SSSR count). The maximum Gasteiger partial charge on any atom is 0.143 e. The summed E-state index contributed by atoms with van der Waals surface area (Å²) in [6.45, 7) is 2.91. The number of hydrogen-bond acceptors (Lipinski definition) is 2. The van der Waals surface area contributed by atoms with Gasteiger partial charge in [0.25, 0.3) is 0 Å². The maximum absolute atomic E-state index is 5.93. The minimum Gasteiger partial charge on any atom is -0.319 e. The lowest BCUT2D eigenvalue weighted by molar-refractivity contribution is 0.827. The number of benzene rings is 2. The van der Waals surface area contributed by atoms with Gasteiger partial charge in [0.15, 0.2) is 0 Å². The van der Waals surface area contributed by atoms with Gasteiger partial charge in [0.2, 0.25) is 0 Å². The van der Waals surface area contributed by atoms with Crippen molar-refractivity contribution >= 4 is 22.6 Å². The second-order valence-corrected chi connectivity index (χ2v) is 6.19. The van der Waals surface area contributed by atoms with Crippen LogP contribution in [0.1, 0.15) is 11.1 Å². The van der Waals surface area contributed by atoms with Crippen molar-refractivity contribution in [1.29, 1.82) is 0 Å². The van der Waals surface area contributed by atoms with Crippen LogP contribution in [0.15, 0.2) is 66.9 Å². The summed E-state index contributed by atoms with van der Waals surface area (Å²) >= 11 is 5.93. The molecule has 0 spiro atoms. The average Bonchev–Trinajstić information content (AvgIpc) is 2.96. The van der Waals surface area contributed by atoms with E-state index in [9.17, 15) is 0 Å². The van der Waals surface area contributed by atoms with E-state index in [1.54, 1.807) is 12.3 Å². The summed E-state index contributed by atoms with van der Waals surface area (Å²) in [7, 11) is 0. The van der Waals surface area contributed by atoms with Gasteiger partial charge in [0.1, 0.15) is 11.0 Å². The van der Waals surface area contributed by atoms with Crippen LogP contribution in [0.5, 0.6) is 0 Å². The molecular weight excluding hydrogens is 318 g/mol. The minimum atomic E-state index is 0.486. The summed E-state index contributed by atoms with van der Waals surface area (Å²) in [5.41, 5.74) is 5.62. The summed E-state index contributed by atoms with van der Waals surface area (Å²) in [4.78, 5) is 9.02. The van der Waals surface area contributed by atoms with Crippen LogP contribution >= 0.6 is 11.6 Å². The van der Waals surface area contributed by atoms with E-state index < -0.39 is 0 Å². The van der Waals surface area contributed by atoms with Crippen LogP contribution in [0.3, 0.4) is 0 Å². The van der Waals surface area contributed by atoms with Crippen LogP contribution in [0.2, 0.25) is 5.15 Å². The summed E-state index contributed by atoms with van der Waals surface area (Å²) < 4.78 is 2.24. The Kier molecular flexibility index (Phi) is 3.79. The van der Waals surface area contributed by atoms with E-state index in [2.05, 4.69) is 46.8 Å². The number of imidazole rings is 1. The number of rotatable bonds is 3. The molecule has 0 aliphatic rings. The molecule has 0 N–H and O–H groups in total. The van der Waals surface area contributed by atoms with E-state index in [0.717, 1.165) is 29.0 Å². The summed E-state index contributed by atoms with van der Waals surface area (Å²) in [5.74, 6) is 0.906. The quantitative estimate of drug-likeness (QED) is 0.488. The monoisotopic (exact) mass is 333 g/mol. The largest absolute Gasteiger partial charge is 0.319 e. The van der Waals surface area contributed by atoms with Gasteiger partial charge in [-0.15, -0.1) is 0 Å². The molecule has 0 aliphatic heterocycles. The third-order valence-corrected chi connectivity index (χ3v) is 4.45. The molecule has 0 amide bonds. The molecule has 0 unspecified atom stereocenters. The Morgan fingerprint density at radius 2 is 1.75 bits per heavy atom. The number of para-hydroxylation sites is 2. The van der Waals surface area contributed by atoms with Crippen LogP contribution in [-0.4, -0.2) is 14.5 Å². The minimum absolute atomic E-state index is 0.486. The Morgan fingerprint density at radius 1 is 0.958 bits per heavy atom. The lowest BCUT2D eigenvalue weighted by Gasteiger charge is -2.11. The van der Waals surface area contributed by atoms with Gasteiger partial charge in [0, 0.05) is 18.3 Å². The molecule has 24 heavy (non-hydrogen) atoms. The Morgan fingerprint density at radius 3 is 2.54 bits per heavy atom. The van der Waals surface area contributed by atoms with Crippen molar-refractivity contribution in [2.24, 2.45) is 0 Å². The Hall–Kier alpha value is -2.65. The van der Waals surface area contributed by atoms with Gasteiger partial charge in [-0.1, -0.05) is 48.0 Å². The number of pyridine rings is 1. The van der Waals surface area contributed by atoms with E-state index in [1.165, 1.54) is 11.1 Å². The number of hydrogen-bond donors (Lipinski definition) is 0. The summed E-state index contributed by atoms with van der Waals surface area (Å²) in [5, 5.41) is 0.486. The highest BCUT2D eigenvalue weighted by molar-refractivity contribution is 6.29. The van der Waals surface area contributed by atoms with Crippen molar-refractivity contribution in [3.63, 3.8) is 0 Å². The fraction of sp³-hybridized carbons (Fsp3) is 0.100. The van der Waals surface area contributed by atoms with Gasteiger partial charge in [-0.05, 0) is 42.3 Å². The van der Waals surface area contributed by atoms with Gasteiger partial charge in [-0.25, -0.2) is 9.97 Å². The SMILES string of the molecule is Cc1ccccc1Cn1c(-c2ccc(Cl)nc2)nc2ccccc21. The van der Waals surface area contributed by atoms with Crippen LogP contribution < -0.4 is 0 Å². The molecule has 0 fully saturated rings. The smallest absolute Gasteiger partial charge is 0.143 e. The first-order valence-electron chi connectivity index (χ1n) is 7.84. The molecule has 0 bridgehead atoms. The molecule has 4 aromatic rings. The molecule has 2 heterocycles. The van der Waals surface area contributed by atoms with Crippen molar-refractivity contribution in [2.45, 2.75) is 13.5 Å². The normalized spacial score (nSPS) is 11.1. The first-order valence-corrected chi connectivity index (χ1v) is 8.22. The van der Waals surface area contributed by atoms with Gasteiger partial charge in [0.05, 0.1) is 11.0 Å². The van der Waals surface area contributed by atoms with Gasteiger partial charge in [-0.2, -0.15) is 0 Å². The Bertz CT molecular complexity index is 1000. The van der Waals surface area contributed by atoms with E-state index in [-0.39, 0.29) is 0 Å². The van der Waals surface area contributed by atoms with Crippen molar-refractivity contribution in [2.75, 3.05) is 0 Å². The third-order valence-electron chi connectivity index (χ3n) is 4.23. The highest BCUT2D eigenvalue weighted by Crippen LogP contribution is 2.26. The number of nitrogens with zero attached hydrogens (tertiary/aromatic N) is 3. The molecule has 2 aromatic heterocycles. The number of aromatic nitrogens is 3. The molecule has 0 atom stereocenters. The van der Waals surface area contributed by atoms with Crippen molar-refractivity contribution in [1.82, 2.24) is 14.5 Å². The van der Waals surface area contributed by atoms with Crippen LogP contribution in [-0.2, 0) is 6.54 Å². The number of fused-ring (bicyclic) bond motifs is 1. The summed E-state index contributed by atoms with van der Waals surface area (Å²) in [6.07, 6.45) is 1.78. The van der Waals surface area contributed by atoms with Crippen molar-refractivity contribution in [3.8, 4) is 11.4 Å². The molecule has 3 nitrogen and oxygen atoms in total. The molecule has 0 aliphatic carbocycles. The zero-order valence-electron chi connectivity index (χ0n) is 13.3. The number of halogens is 1. The zero-order valence-corrected chi connectivity index (χ0v) is 14.0. The predicted molar refractivity (Wildman–Crippen MR) is 98.3 cm³/mol. The van der Waals surface area contributed by atoms with Crippen LogP contribution in [0.4, 0.5) is 0 Å². The van der Waals surface area contributed by atoms with Crippen LogP contribution in [0.25, 0.3) is 22.4 Å². The highest BCUT2D eigenvalue weighted by atomic mass is 35.5. The maximum atomic E-state index is 5.93. The molecule has 2 aromatic carbocycles. The number of aryl methyl sites for hydroxylation is 1. The average molecular weight is 334 g/mol. The summed E-state index contributed by atoms with van der Waals surface area (Å²) in [6, 6.07) is 20.4. The molecule has 0 saturated carbocycles. The van der Waals surface area contributed by atoms with Crippen LogP contribution in [0, 0.1) is 6.92 Å². The fourth-order valence-corrected chi connectivity index (χ4v) is 3.03. The fourth-order valence-electron chi connectivity index (χ4n) is 2.92. The second-order valence-electron chi connectivity index (χ2n) is 5.81. The van der Waals surface area contributed by atoms with E-state index in [0.29, 0.717) is 5.15 Å². The zero-order chi connectivity index (χ0) is 16.5. The van der Waals surface area contributed by atoms with E-state index >= 15 is 0 Å². The first kappa shape index (κ1) is 14.9. The molecule has 4 heteroatoms. The lowest BCUT2D eigenvalue weighted by Crippen LogP contribution is -2.03. The molecule has 0 radical (unpaired) electrons. The second kappa shape index (κ2) is 6.10. The van der Waals surface area contributed by atoms with Gasteiger partial charge in [-0.3, -0.25) is 0 Å². The third kappa shape index (κ3) is 2.68. The van der Waals surface area contributed by atoms with E-state index in [1.807, 2.05) is 24.3 Å². The predicted octanol–water partition coefficient (Wildman–Crippen LogP) is 5.11. The first-order chi connectivity index (χ1) is 11.7. The topological polar surface area (TPSA) is 30.7 Å². The Balaban J connectivity index is 1.90. The van der Waals surface area contributed by atoms with Gasteiger partial charge >= 0.3 is 0 Å². The Labute approximate surface area is 145 Å². The van der Waals surface area contributed by atoms with Crippen molar-refractivity contribution in [3.05, 3.63) is 83.1 Å². The van der Waals surface area contributed by atoms with Crippen molar-refractivity contribution < 1.29 is 0 Å². The lowest BCUT2D eigenvalue weighted by atomic mass is 10.1. The standard InChI is InChI=1S/C20H16ClN3/c1-14-6-2-3-7-16(14)13-24-18-9-5-4-8-17(18)23-20(24)15-10-11-19(21)22-12-15/h2-12H,13H2,1H3. The van der Waals surface area contributed by atoms with Gasteiger partial charge < -0.3 is 4.57 Å². The highest BCUT2D eigenvalue weighted by Gasteiger charge is 2.13. The molecule has 118 valence electrons. The van der Waals surface area contributed by atoms with E-state index in [4.69, 9.17) is 16.6 Å².